The van der Waals surface area contributed by atoms with E-state index in [1.54, 1.807) is 9.80 Å². The summed E-state index contributed by atoms with van der Waals surface area (Å²) in [7, 11) is 0. The van der Waals surface area contributed by atoms with Crippen LogP contribution in [0.2, 0.25) is 0 Å². The molecule has 6 nitrogen and oxygen atoms in total. The Hall–Kier alpha value is -3.02. The molecule has 2 aliphatic heterocycles. The van der Waals surface area contributed by atoms with Crippen LogP contribution in [0, 0.1) is 0 Å². The first kappa shape index (κ1) is 17.4. The number of rotatable bonds is 4. The van der Waals surface area contributed by atoms with Crippen molar-refractivity contribution in [1.82, 2.24) is 5.32 Å². The minimum absolute atomic E-state index is 0.0197. The van der Waals surface area contributed by atoms with Crippen LogP contribution in [0.3, 0.4) is 0 Å². The van der Waals surface area contributed by atoms with Gasteiger partial charge in [0.15, 0.2) is 0 Å². The molecule has 0 spiro atoms. The molecule has 6 heteroatoms. The average molecular weight is 365 g/mol. The summed E-state index contributed by atoms with van der Waals surface area (Å²) in [6.45, 7) is 3.70. The molecule has 2 heterocycles. The van der Waals surface area contributed by atoms with Gasteiger partial charge in [0.2, 0.25) is 5.91 Å². The van der Waals surface area contributed by atoms with Crippen molar-refractivity contribution in [3.05, 3.63) is 54.1 Å². The van der Waals surface area contributed by atoms with Crippen molar-refractivity contribution in [2.75, 3.05) is 29.5 Å². The van der Waals surface area contributed by atoms with Crippen LogP contribution in [0.25, 0.3) is 0 Å². The summed E-state index contributed by atoms with van der Waals surface area (Å²) in [6, 6.07) is 15.1. The van der Waals surface area contributed by atoms with Crippen molar-refractivity contribution in [1.29, 1.82) is 0 Å². The van der Waals surface area contributed by atoms with Gasteiger partial charge in [-0.15, -0.1) is 0 Å². The second-order valence-electron chi connectivity index (χ2n) is 6.81. The normalized spacial score (nSPS) is 18.6. The lowest BCUT2D eigenvalue weighted by Gasteiger charge is -2.21. The SMILES string of the molecule is CCOc1ccc(N2CC(NC(=O)N3CCc4ccccc43)CC2=O)cc1. The van der Waals surface area contributed by atoms with E-state index in [-0.39, 0.29) is 18.0 Å². The van der Waals surface area contributed by atoms with Gasteiger partial charge in [0.1, 0.15) is 5.75 Å². The Morgan fingerprint density at radius 1 is 1.19 bits per heavy atom. The van der Waals surface area contributed by atoms with E-state index in [4.69, 9.17) is 4.74 Å². The van der Waals surface area contributed by atoms with Crippen molar-refractivity contribution in [2.45, 2.75) is 25.8 Å². The molecule has 0 aromatic heterocycles. The van der Waals surface area contributed by atoms with Gasteiger partial charge in [-0.1, -0.05) is 18.2 Å². The quantitative estimate of drug-likeness (QED) is 0.906. The van der Waals surface area contributed by atoms with Crippen LogP contribution in [0.5, 0.6) is 5.75 Å². The Kier molecular flexibility index (Phi) is 4.71. The number of ether oxygens (including phenoxy) is 1. The molecule has 27 heavy (non-hydrogen) atoms. The third kappa shape index (κ3) is 3.47. The number of carbonyl (C=O) groups excluding carboxylic acids is 2. The first-order chi connectivity index (χ1) is 13.2. The molecule has 0 aliphatic carbocycles. The van der Waals surface area contributed by atoms with E-state index < -0.39 is 0 Å². The lowest BCUT2D eigenvalue weighted by atomic mass is 10.2. The third-order valence-electron chi connectivity index (χ3n) is 5.04. The summed E-state index contributed by atoms with van der Waals surface area (Å²) < 4.78 is 5.44. The van der Waals surface area contributed by atoms with Crippen LogP contribution in [0.15, 0.2) is 48.5 Å². The van der Waals surface area contributed by atoms with Gasteiger partial charge in [0.05, 0.1) is 12.6 Å². The summed E-state index contributed by atoms with van der Waals surface area (Å²) in [6.07, 6.45) is 1.18. The molecule has 1 fully saturated rings. The van der Waals surface area contributed by atoms with E-state index in [2.05, 4.69) is 11.4 Å². The molecular weight excluding hydrogens is 342 g/mol. The molecule has 0 radical (unpaired) electrons. The maximum Gasteiger partial charge on any atom is 0.322 e. The van der Waals surface area contributed by atoms with Crippen LogP contribution < -0.4 is 19.9 Å². The van der Waals surface area contributed by atoms with Gasteiger partial charge >= 0.3 is 6.03 Å². The molecule has 2 aromatic rings. The number of amides is 3. The number of hydrogen-bond donors (Lipinski definition) is 1. The van der Waals surface area contributed by atoms with E-state index in [1.807, 2.05) is 49.4 Å². The van der Waals surface area contributed by atoms with Crippen LogP contribution >= 0.6 is 0 Å². The molecule has 1 unspecified atom stereocenters. The zero-order valence-electron chi connectivity index (χ0n) is 15.4. The number of nitrogens with one attached hydrogen (secondary N) is 1. The van der Waals surface area contributed by atoms with Crippen LogP contribution in [-0.4, -0.2) is 37.7 Å². The van der Waals surface area contributed by atoms with Crippen LogP contribution in [0.1, 0.15) is 18.9 Å². The molecule has 140 valence electrons. The molecule has 4 rings (SSSR count). The summed E-state index contributed by atoms with van der Waals surface area (Å²) in [4.78, 5) is 28.6. The lowest BCUT2D eigenvalue weighted by molar-refractivity contribution is -0.117. The van der Waals surface area contributed by atoms with Crippen molar-refractivity contribution in [3.8, 4) is 5.75 Å². The Morgan fingerprint density at radius 2 is 1.96 bits per heavy atom. The Balaban J connectivity index is 1.40. The summed E-state index contributed by atoms with van der Waals surface area (Å²) in [5.74, 6) is 0.803. The molecule has 1 N–H and O–H groups in total. The van der Waals surface area contributed by atoms with Gasteiger partial charge in [0.25, 0.3) is 0 Å². The van der Waals surface area contributed by atoms with Gasteiger partial charge in [-0.05, 0) is 49.2 Å². The van der Waals surface area contributed by atoms with Gasteiger partial charge in [-0.25, -0.2) is 4.79 Å². The zero-order valence-corrected chi connectivity index (χ0v) is 15.4. The Bertz CT molecular complexity index is 850. The smallest absolute Gasteiger partial charge is 0.322 e. The number of anilines is 2. The third-order valence-corrected chi connectivity index (χ3v) is 5.04. The Labute approximate surface area is 158 Å². The number of para-hydroxylation sites is 1. The van der Waals surface area contributed by atoms with Crippen molar-refractivity contribution in [2.24, 2.45) is 0 Å². The molecule has 2 aliphatic rings. The molecule has 3 amide bonds. The summed E-state index contributed by atoms with van der Waals surface area (Å²) in [5.41, 5.74) is 2.97. The van der Waals surface area contributed by atoms with Crippen LogP contribution in [-0.2, 0) is 11.2 Å². The second-order valence-corrected chi connectivity index (χ2v) is 6.81. The number of benzene rings is 2. The van der Waals surface area contributed by atoms with Gasteiger partial charge in [-0.3, -0.25) is 9.69 Å². The number of fused-ring (bicyclic) bond motifs is 1. The van der Waals surface area contributed by atoms with Gasteiger partial charge in [-0.2, -0.15) is 0 Å². The lowest BCUT2D eigenvalue weighted by Crippen LogP contribution is -2.45. The van der Waals surface area contributed by atoms with Gasteiger partial charge < -0.3 is 15.0 Å². The first-order valence-corrected chi connectivity index (χ1v) is 9.35. The highest BCUT2D eigenvalue weighted by molar-refractivity contribution is 5.98. The highest BCUT2D eigenvalue weighted by Crippen LogP contribution is 2.28. The largest absolute Gasteiger partial charge is 0.494 e. The number of urea groups is 1. The van der Waals surface area contributed by atoms with Crippen molar-refractivity contribution >= 4 is 23.3 Å². The highest BCUT2D eigenvalue weighted by Gasteiger charge is 2.33. The minimum atomic E-state index is -0.190. The maximum atomic E-state index is 12.7. The number of carbonyl (C=O) groups is 2. The topological polar surface area (TPSA) is 61.9 Å². The van der Waals surface area contributed by atoms with Crippen molar-refractivity contribution in [3.63, 3.8) is 0 Å². The van der Waals surface area contributed by atoms with E-state index in [0.717, 1.165) is 23.5 Å². The molecule has 1 atom stereocenters. The predicted molar refractivity (Wildman–Crippen MR) is 104 cm³/mol. The average Bonchev–Trinajstić information content (AvgIpc) is 3.26. The fourth-order valence-electron chi connectivity index (χ4n) is 3.74. The number of hydrogen-bond acceptors (Lipinski definition) is 3. The Morgan fingerprint density at radius 3 is 2.74 bits per heavy atom. The molecule has 2 aromatic carbocycles. The molecule has 0 saturated carbocycles. The first-order valence-electron chi connectivity index (χ1n) is 9.35. The predicted octanol–water partition coefficient (Wildman–Crippen LogP) is 2.96. The minimum Gasteiger partial charge on any atom is -0.494 e. The summed E-state index contributed by atoms with van der Waals surface area (Å²) in [5, 5.41) is 3.02. The molecule has 1 saturated heterocycles. The molecular formula is C21H23N3O3. The second kappa shape index (κ2) is 7.31. The van der Waals surface area contributed by atoms with Crippen molar-refractivity contribution < 1.29 is 14.3 Å². The van der Waals surface area contributed by atoms with E-state index >= 15 is 0 Å². The molecule has 0 bridgehead atoms. The number of nitrogens with zero attached hydrogens (tertiary/aromatic N) is 2. The fraction of sp³-hybridized carbons (Fsp3) is 0.333. The van der Waals surface area contributed by atoms with E-state index in [9.17, 15) is 9.59 Å². The monoisotopic (exact) mass is 365 g/mol. The highest BCUT2D eigenvalue weighted by atomic mass is 16.5. The fourth-order valence-corrected chi connectivity index (χ4v) is 3.74. The maximum absolute atomic E-state index is 12.7. The standard InChI is InChI=1S/C21H23N3O3/c1-2-27-18-9-7-17(8-10-18)24-14-16(13-20(24)25)22-21(26)23-12-11-15-5-3-4-6-19(15)23/h3-10,16H,2,11-14H2,1H3,(H,22,26). The summed E-state index contributed by atoms with van der Waals surface area (Å²) >= 11 is 0. The van der Waals surface area contributed by atoms with Gasteiger partial charge in [0, 0.05) is 30.9 Å². The zero-order chi connectivity index (χ0) is 18.8. The van der Waals surface area contributed by atoms with E-state index in [0.29, 0.717) is 26.1 Å². The van der Waals surface area contributed by atoms with Crippen LogP contribution in [0.4, 0.5) is 16.2 Å². The van der Waals surface area contributed by atoms with E-state index in [1.165, 1.54) is 5.56 Å².